The average molecular weight is 232 g/mol. The summed E-state index contributed by atoms with van der Waals surface area (Å²) in [4.78, 5) is 2.25. The van der Waals surface area contributed by atoms with E-state index in [1.54, 1.807) is 0 Å². The van der Waals surface area contributed by atoms with Crippen LogP contribution in [0.25, 0.3) is 6.08 Å². The molecule has 0 unspecified atom stereocenters. The summed E-state index contributed by atoms with van der Waals surface area (Å²) in [6.07, 6.45) is 4.36. The van der Waals surface area contributed by atoms with Crippen molar-refractivity contribution in [2.24, 2.45) is 0 Å². The molecule has 0 atom stereocenters. The second kappa shape index (κ2) is 5.05. The first-order valence-corrected chi connectivity index (χ1v) is 4.72. The quantitative estimate of drug-likeness (QED) is 0.489. The fourth-order valence-corrected chi connectivity index (χ4v) is 1.41. The smallest absolute Gasteiger partial charge is 0.418 e. The lowest BCUT2D eigenvalue weighted by Gasteiger charge is -2.22. The number of benzene rings is 1. The van der Waals surface area contributed by atoms with Crippen LogP contribution in [-0.4, -0.2) is 20.8 Å². The molecule has 0 radical (unpaired) electrons. The van der Waals surface area contributed by atoms with Crippen molar-refractivity contribution >= 4 is 19.0 Å². The van der Waals surface area contributed by atoms with Gasteiger partial charge in [0.2, 0.25) is 0 Å². The van der Waals surface area contributed by atoms with Gasteiger partial charge in [-0.3, -0.25) is 0 Å². The van der Waals surface area contributed by atoms with Crippen LogP contribution in [-0.2, 0) is 0 Å². The molecule has 2 rings (SSSR count). The minimum absolute atomic E-state index is 1.02. The van der Waals surface area contributed by atoms with E-state index in [9.17, 15) is 17.3 Å². The summed E-state index contributed by atoms with van der Waals surface area (Å²) >= 11 is 0. The first-order chi connectivity index (χ1) is 7.38. The highest BCUT2D eigenvalue weighted by molar-refractivity contribution is 6.50. The van der Waals surface area contributed by atoms with E-state index < -0.39 is 7.25 Å². The molecule has 88 valence electrons. The van der Waals surface area contributed by atoms with E-state index in [2.05, 4.69) is 48.4 Å². The number of para-hydroxylation sites is 1. The summed E-state index contributed by atoms with van der Waals surface area (Å²) in [6, 6.07) is 8.44. The van der Waals surface area contributed by atoms with Gasteiger partial charge in [0.15, 0.2) is 0 Å². The fraction of sp³-hybridized carbons (Fsp3) is 0.200. The Balaban J connectivity index is 0.000000221. The molecule has 1 aromatic rings. The van der Waals surface area contributed by atoms with Crippen LogP contribution in [0.2, 0.25) is 0 Å². The van der Waals surface area contributed by atoms with Crippen LogP contribution in [0.3, 0.4) is 0 Å². The number of hydrogen-bond acceptors (Lipinski definition) is 1. The number of likely N-dealkylation sites (N-methyl/N-ethyl adjacent to an activating group) is 1. The minimum atomic E-state index is -6.00. The van der Waals surface area contributed by atoms with Crippen LogP contribution in [0.1, 0.15) is 5.56 Å². The lowest BCUT2D eigenvalue weighted by Crippen LogP contribution is -2.19. The molecule has 1 aliphatic heterocycles. The summed E-state index contributed by atoms with van der Waals surface area (Å²) in [5, 5.41) is 0. The fourth-order valence-electron chi connectivity index (χ4n) is 1.41. The van der Waals surface area contributed by atoms with Crippen LogP contribution in [0.5, 0.6) is 0 Å². The largest absolute Gasteiger partial charge is 0.673 e. The molecule has 0 saturated heterocycles. The second-order valence-corrected chi connectivity index (χ2v) is 3.34. The molecule has 0 N–H and O–H groups in total. The van der Waals surface area contributed by atoms with E-state index >= 15 is 0 Å². The Morgan fingerprint density at radius 2 is 1.69 bits per heavy atom. The van der Waals surface area contributed by atoms with Gasteiger partial charge in [-0.2, -0.15) is 0 Å². The molecule has 1 aliphatic rings. The molecule has 0 fully saturated rings. The third-order valence-corrected chi connectivity index (χ3v) is 2.02. The van der Waals surface area contributed by atoms with Gasteiger partial charge in [-0.05, 0) is 11.6 Å². The summed E-state index contributed by atoms with van der Waals surface area (Å²) < 4.78 is 39.0. The SMILES string of the molecule is CN1CC=Cc2ccccc21.F[B-](F)(F)F. The number of rotatable bonds is 0. The summed E-state index contributed by atoms with van der Waals surface area (Å²) in [7, 11) is -3.89. The topological polar surface area (TPSA) is 3.24 Å². The van der Waals surface area contributed by atoms with Gasteiger partial charge in [-0.15, -0.1) is 0 Å². The highest BCUT2D eigenvalue weighted by Gasteiger charge is 2.20. The van der Waals surface area contributed by atoms with Crippen molar-refractivity contribution in [3.63, 3.8) is 0 Å². The first-order valence-electron chi connectivity index (χ1n) is 4.72. The van der Waals surface area contributed by atoms with Crippen LogP contribution in [0.4, 0.5) is 23.0 Å². The van der Waals surface area contributed by atoms with Crippen molar-refractivity contribution in [2.75, 3.05) is 18.5 Å². The van der Waals surface area contributed by atoms with Gasteiger partial charge in [0, 0.05) is 19.3 Å². The Kier molecular flexibility index (Phi) is 3.98. The summed E-state index contributed by atoms with van der Waals surface area (Å²) in [5.74, 6) is 0. The average Bonchev–Trinajstić information content (AvgIpc) is 2.16. The number of nitrogens with zero attached hydrogens (tertiary/aromatic N) is 1. The predicted molar refractivity (Wildman–Crippen MR) is 58.9 cm³/mol. The van der Waals surface area contributed by atoms with Crippen LogP contribution in [0, 0.1) is 0 Å². The zero-order chi connectivity index (χ0) is 12.2. The third kappa shape index (κ3) is 4.38. The monoisotopic (exact) mass is 232 g/mol. The van der Waals surface area contributed by atoms with Gasteiger partial charge in [-0.1, -0.05) is 30.4 Å². The van der Waals surface area contributed by atoms with Gasteiger partial charge in [0.25, 0.3) is 0 Å². The molecule has 6 heteroatoms. The van der Waals surface area contributed by atoms with E-state index in [1.165, 1.54) is 11.3 Å². The lowest BCUT2D eigenvalue weighted by atomic mass is 10.1. The molecule has 16 heavy (non-hydrogen) atoms. The van der Waals surface area contributed by atoms with Gasteiger partial charge in [0.05, 0.1) is 0 Å². The van der Waals surface area contributed by atoms with Crippen molar-refractivity contribution in [3.8, 4) is 0 Å². The maximum Gasteiger partial charge on any atom is 0.673 e. The molecule has 1 heterocycles. The Morgan fingerprint density at radius 1 is 1.12 bits per heavy atom. The lowest BCUT2D eigenvalue weighted by molar-refractivity contribution is 0.368. The van der Waals surface area contributed by atoms with Crippen molar-refractivity contribution in [3.05, 3.63) is 35.9 Å². The Hall–Kier alpha value is -1.46. The molecular formula is C10H11BF4N-. The van der Waals surface area contributed by atoms with Gasteiger partial charge in [0.1, 0.15) is 0 Å². The molecule has 0 saturated carbocycles. The van der Waals surface area contributed by atoms with Crippen molar-refractivity contribution in [1.82, 2.24) is 0 Å². The molecule has 1 aromatic carbocycles. The Bertz CT molecular complexity index is 369. The normalized spacial score (nSPS) is 13.9. The van der Waals surface area contributed by atoms with Gasteiger partial charge in [-0.25, -0.2) is 0 Å². The van der Waals surface area contributed by atoms with Crippen molar-refractivity contribution in [2.45, 2.75) is 0 Å². The molecular weight excluding hydrogens is 221 g/mol. The summed E-state index contributed by atoms with van der Waals surface area (Å²) in [5.41, 5.74) is 2.65. The Morgan fingerprint density at radius 3 is 2.25 bits per heavy atom. The van der Waals surface area contributed by atoms with E-state index in [4.69, 9.17) is 0 Å². The number of hydrogen-bond donors (Lipinski definition) is 0. The molecule has 0 aliphatic carbocycles. The highest BCUT2D eigenvalue weighted by atomic mass is 19.5. The number of anilines is 1. The first kappa shape index (κ1) is 12.6. The molecule has 0 amide bonds. The second-order valence-electron chi connectivity index (χ2n) is 3.34. The minimum Gasteiger partial charge on any atom is -0.418 e. The number of halogens is 4. The zero-order valence-electron chi connectivity index (χ0n) is 8.71. The zero-order valence-corrected chi connectivity index (χ0v) is 8.71. The van der Waals surface area contributed by atoms with E-state index in [0.29, 0.717) is 0 Å². The third-order valence-electron chi connectivity index (χ3n) is 2.02. The Labute approximate surface area is 91.5 Å². The highest BCUT2D eigenvalue weighted by Crippen LogP contribution is 2.23. The standard InChI is InChI=1S/C10H11N.BF4/c1-11-8-4-6-9-5-2-3-7-10(9)11;2-1(3,4)5/h2-7H,8H2,1H3;/q;-1. The van der Waals surface area contributed by atoms with Gasteiger partial charge >= 0.3 is 7.25 Å². The number of fused-ring (bicyclic) bond motifs is 1. The van der Waals surface area contributed by atoms with E-state index in [1.807, 2.05) is 0 Å². The van der Waals surface area contributed by atoms with Crippen LogP contribution >= 0.6 is 0 Å². The molecule has 0 spiro atoms. The maximum atomic E-state index is 9.75. The summed E-state index contributed by atoms with van der Waals surface area (Å²) in [6.45, 7) is 1.02. The van der Waals surface area contributed by atoms with Crippen molar-refractivity contribution < 1.29 is 17.3 Å². The van der Waals surface area contributed by atoms with Crippen LogP contribution < -0.4 is 4.90 Å². The van der Waals surface area contributed by atoms with Gasteiger partial charge < -0.3 is 22.2 Å². The maximum absolute atomic E-state index is 9.75. The predicted octanol–water partition coefficient (Wildman–Crippen LogP) is 3.45. The van der Waals surface area contributed by atoms with E-state index in [-0.39, 0.29) is 0 Å². The van der Waals surface area contributed by atoms with Crippen LogP contribution in [0.15, 0.2) is 30.3 Å². The molecule has 1 nitrogen and oxygen atoms in total. The molecule has 0 aromatic heterocycles. The molecule has 0 bridgehead atoms. The van der Waals surface area contributed by atoms with Crippen molar-refractivity contribution in [1.29, 1.82) is 0 Å². The van der Waals surface area contributed by atoms with E-state index in [0.717, 1.165) is 6.54 Å².